The monoisotopic (exact) mass is 457 g/mol. The van der Waals surface area contributed by atoms with Gasteiger partial charge in [0.05, 0.1) is 19.1 Å². The first-order valence-corrected chi connectivity index (χ1v) is 11.7. The fourth-order valence-electron chi connectivity index (χ4n) is 3.82. The summed E-state index contributed by atoms with van der Waals surface area (Å²) in [6.07, 6.45) is 3.89. The second-order valence-corrected chi connectivity index (χ2v) is 10.4. The van der Waals surface area contributed by atoms with Gasteiger partial charge in [-0.25, -0.2) is 22.8 Å². The molecule has 168 valence electrons. The zero-order valence-electron chi connectivity index (χ0n) is 17.7. The van der Waals surface area contributed by atoms with E-state index in [0.29, 0.717) is 35.6 Å². The van der Waals surface area contributed by atoms with Gasteiger partial charge in [-0.05, 0) is 54.7 Å². The fraction of sp³-hybridized carbons (Fsp3) is 0.318. The van der Waals surface area contributed by atoms with Gasteiger partial charge in [0.15, 0.2) is 15.7 Å². The van der Waals surface area contributed by atoms with Crippen molar-refractivity contribution in [1.29, 1.82) is 5.41 Å². The number of anilines is 2. The zero-order valence-corrected chi connectivity index (χ0v) is 18.5. The molecule has 1 unspecified atom stereocenters. The number of sulfone groups is 1. The highest BCUT2D eigenvalue weighted by Crippen LogP contribution is 2.45. The van der Waals surface area contributed by atoms with Crippen LogP contribution >= 0.6 is 0 Å². The SMILES string of the molecule is COc1cnc2c(Nc3ccc(F)c(C(C)CS(=O)(=O)C4(C(=N)N)CC4)c3)nccc2c1. The number of nitrogens with one attached hydrogen (secondary N) is 2. The van der Waals surface area contributed by atoms with E-state index in [1.807, 2.05) is 12.1 Å². The molecule has 1 fully saturated rings. The maximum atomic E-state index is 14.6. The molecular weight excluding hydrogens is 433 g/mol. The molecule has 1 aliphatic carbocycles. The van der Waals surface area contributed by atoms with Crippen LogP contribution in [0.3, 0.4) is 0 Å². The predicted molar refractivity (Wildman–Crippen MR) is 122 cm³/mol. The molecule has 1 atom stereocenters. The first-order valence-electron chi connectivity index (χ1n) is 10.1. The van der Waals surface area contributed by atoms with Crippen LogP contribution in [0.4, 0.5) is 15.9 Å². The van der Waals surface area contributed by atoms with Gasteiger partial charge in [-0.1, -0.05) is 6.92 Å². The Balaban J connectivity index is 1.61. The number of hydrogen-bond donors (Lipinski definition) is 3. The lowest BCUT2D eigenvalue weighted by Crippen LogP contribution is -2.40. The first kappa shape index (κ1) is 21.9. The zero-order chi connectivity index (χ0) is 23.1. The minimum Gasteiger partial charge on any atom is -0.495 e. The molecule has 1 saturated carbocycles. The van der Waals surface area contributed by atoms with Crippen LogP contribution in [0.5, 0.6) is 5.75 Å². The van der Waals surface area contributed by atoms with Crippen molar-refractivity contribution in [3.05, 3.63) is 54.1 Å². The quantitative estimate of drug-likeness (QED) is 0.348. The molecule has 4 N–H and O–H groups in total. The molecule has 0 aliphatic heterocycles. The maximum absolute atomic E-state index is 14.6. The summed E-state index contributed by atoms with van der Waals surface area (Å²) in [5, 5.41) is 11.6. The van der Waals surface area contributed by atoms with E-state index in [-0.39, 0.29) is 17.2 Å². The predicted octanol–water partition coefficient (Wildman–Crippen LogP) is 3.51. The Morgan fingerprint density at radius 1 is 1.31 bits per heavy atom. The molecule has 0 amide bonds. The minimum absolute atomic E-state index is 0.257. The van der Waals surface area contributed by atoms with Gasteiger partial charge in [0.25, 0.3) is 0 Å². The number of benzene rings is 1. The highest BCUT2D eigenvalue weighted by Gasteiger charge is 2.57. The summed E-state index contributed by atoms with van der Waals surface area (Å²) in [4.78, 5) is 8.72. The lowest BCUT2D eigenvalue weighted by atomic mass is 10.0. The van der Waals surface area contributed by atoms with Gasteiger partial charge in [0.1, 0.15) is 27.7 Å². The third-order valence-electron chi connectivity index (χ3n) is 5.86. The van der Waals surface area contributed by atoms with Crippen molar-refractivity contribution in [2.75, 3.05) is 18.2 Å². The molecule has 2 heterocycles. The lowest BCUT2D eigenvalue weighted by Gasteiger charge is -2.19. The van der Waals surface area contributed by atoms with Crippen LogP contribution in [0.1, 0.15) is 31.2 Å². The van der Waals surface area contributed by atoms with Gasteiger partial charge >= 0.3 is 0 Å². The Kier molecular flexibility index (Phi) is 5.49. The number of nitrogens with two attached hydrogens (primary N) is 1. The average Bonchev–Trinajstić information content (AvgIpc) is 3.57. The maximum Gasteiger partial charge on any atom is 0.163 e. The highest BCUT2D eigenvalue weighted by molar-refractivity contribution is 7.94. The van der Waals surface area contributed by atoms with E-state index in [4.69, 9.17) is 15.9 Å². The van der Waals surface area contributed by atoms with E-state index in [1.54, 1.807) is 38.6 Å². The largest absolute Gasteiger partial charge is 0.495 e. The highest BCUT2D eigenvalue weighted by atomic mass is 32.2. The van der Waals surface area contributed by atoms with Gasteiger partial charge in [0, 0.05) is 17.3 Å². The second kappa shape index (κ2) is 8.01. The third-order valence-corrected chi connectivity index (χ3v) is 8.62. The number of pyridine rings is 2. The lowest BCUT2D eigenvalue weighted by molar-refractivity contribution is 0.414. The molecule has 1 aliphatic rings. The second-order valence-electron chi connectivity index (χ2n) is 8.06. The van der Waals surface area contributed by atoms with Crippen LogP contribution < -0.4 is 15.8 Å². The van der Waals surface area contributed by atoms with Gasteiger partial charge < -0.3 is 15.8 Å². The summed E-state index contributed by atoms with van der Waals surface area (Å²) in [6, 6.07) is 8.07. The van der Waals surface area contributed by atoms with E-state index in [9.17, 15) is 12.8 Å². The molecule has 0 spiro atoms. The van der Waals surface area contributed by atoms with Crippen LogP contribution in [-0.2, 0) is 9.84 Å². The normalized spacial score (nSPS) is 15.8. The molecule has 3 aromatic rings. The third kappa shape index (κ3) is 3.86. The molecule has 0 bridgehead atoms. The molecular formula is C22H24FN5O3S. The van der Waals surface area contributed by atoms with Crippen LogP contribution in [0.15, 0.2) is 42.7 Å². The molecule has 8 nitrogen and oxygen atoms in total. The Morgan fingerprint density at radius 3 is 2.72 bits per heavy atom. The topological polar surface area (TPSA) is 131 Å². The number of hydrogen-bond acceptors (Lipinski definition) is 7. The number of fused-ring (bicyclic) bond motifs is 1. The molecule has 4 rings (SSSR count). The fourth-order valence-corrected chi connectivity index (χ4v) is 6.03. The molecule has 0 radical (unpaired) electrons. The number of ether oxygens (including phenoxy) is 1. The van der Waals surface area contributed by atoms with E-state index < -0.39 is 26.3 Å². The number of rotatable bonds is 8. The van der Waals surface area contributed by atoms with Crippen molar-refractivity contribution in [3.8, 4) is 5.75 Å². The van der Waals surface area contributed by atoms with Crippen molar-refractivity contribution >= 4 is 38.1 Å². The van der Waals surface area contributed by atoms with E-state index >= 15 is 0 Å². The first-order chi connectivity index (χ1) is 15.2. The van der Waals surface area contributed by atoms with Gasteiger partial charge in [-0.3, -0.25) is 5.41 Å². The van der Waals surface area contributed by atoms with Crippen LogP contribution in [0, 0.1) is 11.2 Å². The summed E-state index contributed by atoms with van der Waals surface area (Å²) in [7, 11) is -2.13. The number of nitrogens with zero attached hydrogens (tertiary/aromatic N) is 2. The minimum atomic E-state index is -3.69. The van der Waals surface area contributed by atoms with Gasteiger partial charge in [-0.15, -0.1) is 0 Å². The smallest absolute Gasteiger partial charge is 0.163 e. The van der Waals surface area contributed by atoms with Crippen molar-refractivity contribution < 1.29 is 17.5 Å². The Labute approximate surface area is 185 Å². The molecule has 0 saturated heterocycles. The Bertz CT molecular complexity index is 1310. The molecule has 2 aromatic heterocycles. The van der Waals surface area contributed by atoms with Crippen LogP contribution in [-0.4, -0.2) is 41.8 Å². The molecule has 32 heavy (non-hydrogen) atoms. The van der Waals surface area contributed by atoms with Crippen molar-refractivity contribution in [2.24, 2.45) is 5.73 Å². The summed E-state index contributed by atoms with van der Waals surface area (Å²) in [5.41, 5.74) is 6.96. The average molecular weight is 458 g/mol. The van der Waals surface area contributed by atoms with Crippen molar-refractivity contribution in [2.45, 2.75) is 30.4 Å². The summed E-state index contributed by atoms with van der Waals surface area (Å²) in [5.74, 6) is -0.655. The van der Waals surface area contributed by atoms with Crippen molar-refractivity contribution in [3.63, 3.8) is 0 Å². The van der Waals surface area contributed by atoms with Gasteiger partial charge in [-0.2, -0.15) is 0 Å². The number of methoxy groups -OCH3 is 1. The summed E-state index contributed by atoms with van der Waals surface area (Å²) < 4.78 is 44.2. The molecule has 1 aromatic carbocycles. The summed E-state index contributed by atoms with van der Waals surface area (Å²) >= 11 is 0. The van der Waals surface area contributed by atoms with Crippen LogP contribution in [0.25, 0.3) is 10.9 Å². The summed E-state index contributed by atoms with van der Waals surface area (Å²) in [6.45, 7) is 1.65. The molecule has 10 heteroatoms. The number of halogens is 1. The van der Waals surface area contributed by atoms with Crippen molar-refractivity contribution in [1.82, 2.24) is 9.97 Å². The van der Waals surface area contributed by atoms with Gasteiger partial charge in [0.2, 0.25) is 0 Å². The Morgan fingerprint density at radius 2 is 2.06 bits per heavy atom. The number of aromatic nitrogens is 2. The van der Waals surface area contributed by atoms with E-state index in [2.05, 4.69) is 15.3 Å². The Hall–Kier alpha value is -3.27. The van der Waals surface area contributed by atoms with Crippen LogP contribution in [0.2, 0.25) is 0 Å². The number of amidine groups is 1. The van der Waals surface area contributed by atoms with E-state index in [1.165, 1.54) is 6.07 Å². The van der Waals surface area contributed by atoms with E-state index in [0.717, 1.165) is 5.39 Å². The standard InChI is InChI=1S/C22H24FN5O3S/c1-13(12-32(29,30)22(6-7-22)21(24)25)17-10-15(3-4-18(17)23)28-20-19-14(5-8-26-20)9-16(31-2)11-27-19/h3-5,8-11,13H,6-7,12H2,1-2H3,(H3,24,25)(H,26,28).